The number of nitriles is 1. The van der Waals surface area contributed by atoms with Crippen LogP contribution in [0.25, 0.3) is 11.1 Å². The standard InChI is InChI=1S/C15H19N3O/c1-12-17-14-6-5-13(11-15(14)19-12)7-10-18(2)9-4-3-8-16/h5-6,11H,3-4,7,9-10H2,1-2H3. The van der Waals surface area contributed by atoms with Crippen LogP contribution in [0.2, 0.25) is 0 Å². The number of aryl methyl sites for hydroxylation is 1. The molecule has 0 fully saturated rings. The first-order valence-electron chi connectivity index (χ1n) is 6.60. The highest BCUT2D eigenvalue weighted by molar-refractivity contribution is 5.73. The summed E-state index contributed by atoms with van der Waals surface area (Å²) < 4.78 is 5.53. The van der Waals surface area contributed by atoms with Gasteiger partial charge >= 0.3 is 0 Å². The Morgan fingerprint density at radius 3 is 3.00 bits per heavy atom. The third-order valence-electron chi connectivity index (χ3n) is 3.17. The second-order valence-electron chi connectivity index (χ2n) is 4.85. The number of likely N-dealkylation sites (N-methyl/N-ethyl adjacent to an activating group) is 1. The van der Waals surface area contributed by atoms with Crippen molar-refractivity contribution in [2.45, 2.75) is 26.2 Å². The van der Waals surface area contributed by atoms with Crippen LogP contribution in [0.3, 0.4) is 0 Å². The summed E-state index contributed by atoms with van der Waals surface area (Å²) in [6, 6.07) is 8.36. The van der Waals surface area contributed by atoms with Gasteiger partial charge in [-0.15, -0.1) is 0 Å². The van der Waals surface area contributed by atoms with Crippen molar-refractivity contribution in [1.29, 1.82) is 5.26 Å². The molecule has 100 valence electrons. The molecule has 1 aromatic heterocycles. The zero-order chi connectivity index (χ0) is 13.7. The molecule has 0 aliphatic rings. The van der Waals surface area contributed by atoms with Gasteiger partial charge in [0.05, 0.1) is 6.07 Å². The van der Waals surface area contributed by atoms with E-state index in [0.29, 0.717) is 12.3 Å². The summed E-state index contributed by atoms with van der Waals surface area (Å²) in [4.78, 5) is 6.55. The summed E-state index contributed by atoms with van der Waals surface area (Å²) in [5.41, 5.74) is 3.04. The Kier molecular flexibility index (Phi) is 4.53. The Morgan fingerprint density at radius 1 is 1.37 bits per heavy atom. The van der Waals surface area contributed by atoms with Gasteiger partial charge in [0.2, 0.25) is 0 Å². The summed E-state index contributed by atoms with van der Waals surface area (Å²) in [5.74, 6) is 0.709. The van der Waals surface area contributed by atoms with Gasteiger partial charge in [-0.3, -0.25) is 0 Å². The number of hydrogen-bond donors (Lipinski definition) is 0. The molecule has 0 radical (unpaired) electrons. The molecule has 4 heteroatoms. The van der Waals surface area contributed by atoms with Gasteiger partial charge in [-0.05, 0) is 44.1 Å². The van der Waals surface area contributed by atoms with Gasteiger partial charge in [-0.2, -0.15) is 5.26 Å². The molecule has 0 atom stereocenters. The molecule has 2 aromatic rings. The van der Waals surface area contributed by atoms with Crippen LogP contribution in [0.1, 0.15) is 24.3 Å². The molecule has 0 saturated carbocycles. The van der Waals surface area contributed by atoms with Crippen LogP contribution < -0.4 is 0 Å². The van der Waals surface area contributed by atoms with Gasteiger partial charge in [0.15, 0.2) is 11.5 Å². The fraction of sp³-hybridized carbons (Fsp3) is 0.467. The lowest BCUT2D eigenvalue weighted by atomic mass is 10.1. The largest absolute Gasteiger partial charge is 0.441 e. The van der Waals surface area contributed by atoms with Gasteiger partial charge < -0.3 is 9.32 Å². The molecular formula is C15H19N3O. The number of oxazole rings is 1. The van der Waals surface area contributed by atoms with E-state index in [9.17, 15) is 0 Å². The molecule has 0 unspecified atom stereocenters. The Morgan fingerprint density at radius 2 is 2.21 bits per heavy atom. The maximum Gasteiger partial charge on any atom is 0.192 e. The van der Waals surface area contributed by atoms with Crippen molar-refractivity contribution in [2.75, 3.05) is 20.1 Å². The Labute approximate surface area is 113 Å². The van der Waals surface area contributed by atoms with Gasteiger partial charge in [0.1, 0.15) is 5.52 Å². The Hall–Kier alpha value is -1.86. The molecule has 0 saturated heterocycles. The molecule has 1 aromatic carbocycles. The number of benzene rings is 1. The molecule has 0 aliphatic heterocycles. The summed E-state index contributed by atoms with van der Waals surface area (Å²) in [6.45, 7) is 3.82. The van der Waals surface area contributed by atoms with E-state index < -0.39 is 0 Å². The summed E-state index contributed by atoms with van der Waals surface area (Å²) in [7, 11) is 2.09. The molecule has 4 nitrogen and oxygen atoms in total. The highest BCUT2D eigenvalue weighted by atomic mass is 16.3. The minimum Gasteiger partial charge on any atom is -0.441 e. The third kappa shape index (κ3) is 3.80. The predicted molar refractivity (Wildman–Crippen MR) is 74.8 cm³/mol. The average Bonchev–Trinajstić information content (AvgIpc) is 2.76. The number of rotatable bonds is 6. The predicted octanol–water partition coefficient (Wildman–Crippen LogP) is 2.91. The minimum atomic E-state index is 0.633. The number of nitrogens with zero attached hydrogens (tertiary/aromatic N) is 3. The van der Waals surface area contributed by atoms with Crippen LogP contribution in [0.5, 0.6) is 0 Å². The van der Waals surface area contributed by atoms with Gasteiger partial charge in [0.25, 0.3) is 0 Å². The maximum absolute atomic E-state index is 8.50. The van der Waals surface area contributed by atoms with E-state index >= 15 is 0 Å². The molecule has 1 heterocycles. The minimum absolute atomic E-state index is 0.633. The quantitative estimate of drug-likeness (QED) is 0.747. The number of unbranched alkanes of at least 4 members (excludes halogenated alkanes) is 1. The normalized spacial score (nSPS) is 11.1. The average molecular weight is 257 g/mol. The zero-order valence-corrected chi connectivity index (χ0v) is 11.5. The van der Waals surface area contributed by atoms with E-state index in [1.807, 2.05) is 13.0 Å². The van der Waals surface area contributed by atoms with Crippen LogP contribution >= 0.6 is 0 Å². The molecule has 19 heavy (non-hydrogen) atoms. The second-order valence-corrected chi connectivity index (χ2v) is 4.85. The molecule has 2 rings (SSSR count). The van der Waals surface area contributed by atoms with Crippen molar-refractivity contribution in [2.24, 2.45) is 0 Å². The van der Waals surface area contributed by atoms with Crippen molar-refractivity contribution >= 4 is 11.1 Å². The van der Waals surface area contributed by atoms with Crippen molar-refractivity contribution in [3.8, 4) is 6.07 Å². The SMILES string of the molecule is Cc1nc2ccc(CCN(C)CCCC#N)cc2o1. The van der Waals surface area contributed by atoms with Crippen LogP contribution in [0, 0.1) is 18.3 Å². The molecular weight excluding hydrogens is 238 g/mol. The maximum atomic E-state index is 8.50. The first-order valence-corrected chi connectivity index (χ1v) is 6.60. The first kappa shape index (κ1) is 13.6. The van der Waals surface area contributed by atoms with Crippen LogP contribution in [-0.2, 0) is 6.42 Å². The summed E-state index contributed by atoms with van der Waals surface area (Å²) in [6.07, 6.45) is 2.56. The van der Waals surface area contributed by atoms with E-state index in [1.54, 1.807) is 0 Å². The fourth-order valence-electron chi connectivity index (χ4n) is 2.10. The van der Waals surface area contributed by atoms with Gasteiger partial charge in [0, 0.05) is 19.9 Å². The van der Waals surface area contributed by atoms with Crippen molar-refractivity contribution < 1.29 is 4.42 Å². The van der Waals surface area contributed by atoms with Crippen molar-refractivity contribution in [3.05, 3.63) is 29.7 Å². The molecule has 0 spiro atoms. The third-order valence-corrected chi connectivity index (χ3v) is 3.17. The Balaban J connectivity index is 1.89. The fourth-order valence-corrected chi connectivity index (χ4v) is 2.10. The monoisotopic (exact) mass is 257 g/mol. The van der Waals surface area contributed by atoms with Crippen LogP contribution in [0.15, 0.2) is 22.6 Å². The lowest BCUT2D eigenvalue weighted by Gasteiger charge is -2.15. The second kappa shape index (κ2) is 6.35. The highest BCUT2D eigenvalue weighted by Crippen LogP contribution is 2.17. The van der Waals surface area contributed by atoms with E-state index in [0.717, 1.165) is 37.0 Å². The van der Waals surface area contributed by atoms with Gasteiger partial charge in [-0.25, -0.2) is 4.98 Å². The summed E-state index contributed by atoms with van der Waals surface area (Å²) >= 11 is 0. The molecule has 0 bridgehead atoms. The molecule has 0 amide bonds. The van der Waals surface area contributed by atoms with Gasteiger partial charge in [-0.1, -0.05) is 6.07 Å². The van der Waals surface area contributed by atoms with Crippen LogP contribution in [-0.4, -0.2) is 30.0 Å². The van der Waals surface area contributed by atoms with Crippen molar-refractivity contribution in [3.63, 3.8) is 0 Å². The van der Waals surface area contributed by atoms with E-state index in [-0.39, 0.29) is 0 Å². The van der Waals surface area contributed by atoms with E-state index in [4.69, 9.17) is 9.68 Å². The number of fused-ring (bicyclic) bond motifs is 1. The lowest BCUT2D eigenvalue weighted by molar-refractivity contribution is 0.335. The van der Waals surface area contributed by atoms with Crippen molar-refractivity contribution in [1.82, 2.24) is 9.88 Å². The number of aromatic nitrogens is 1. The topological polar surface area (TPSA) is 53.1 Å². The zero-order valence-electron chi connectivity index (χ0n) is 11.5. The molecule has 0 aliphatic carbocycles. The smallest absolute Gasteiger partial charge is 0.192 e. The van der Waals surface area contributed by atoms with E-state index in [1.165, 1.54) is 5.56 Å². The highest BCUT2D eigenvalue weighted by Gasteiger charge is 2.04. The summed E-state index contributed by atoms with van der Waals surface area (Å²) in [5, 5.41) is 8.50. The van der Waals surface area contributed by atoms with E-state index in [2.05, 4.69) is 35.1 Å². The molecule has 0 N–H and O–H groups in total. The number of hydrogen-bond acceptors (Lipinski definition) is 4. The lowest BCUT2D eigenvalue weighted by Crippen LogP contribution is -2.22. The van der Waals surface area contributed by atoms with Crippen LogP contribution in [0.4, 0.5) is 0 Å². The first-order chi connectivity index (χ1) is 9.19. The Bertz CT molecular complexity index is 583.